The molecule has 0 amide bonds. The van der Waals surface area contributed by atoms with Gasteiger partial charge >= 0.3 is 11.9 Å². The van der Waals surface area contributed by atoms with E-state index in [9.17, 15) is 9.59 Å². The van der Waals surface area contributed by atoms with Crippen molar-refractivity contribution in [3.63, 3.8) is 0 Å². The molecule has 2 atom stereocenters. The third-order valence-corrected chi connectivity index (χ3v) is 5.92. The van der Waals surface area contributed by atoms with Crippen molar-refractivity contribution < 1.29 is 19.4 Å². The predicted molar refractivity (Wildman–Crippen MR) is 119 cm³/mol. The van der Waals surface area contributed by atoms with Crippen LogP contribution in [0.25, 0.3) is 11.1 Å². The standard InChI is InChI=1S/C26H25NO4/c27-24(25(28)29)15-14-18(17-8-2-1-3-9-17)26(30)31-16-23-21-12-6-4-10-19(21)20-11-5-7-13-22(20)23/h1-13,18,23-24H,14-16,27H2,(H,28,29)/t18-,24-/m0/s1. The molecular weight excluding hydrogens is 390 g/mol. The molecule has 1 aliphatic carbocycles. The van der Waals surface area contributed by atoms with Crippen LogP contribution in [0, 0.1) is 0 Å². The van der Waals surface area contributed by atoms with Gasteiger partial charge in [0.2, 0.25) is 0 Å². The second-order valence-electron chi connectivity index (χ2n) is 7.84. The number of carbonyl (C=O) groups is 2. The molecule has 3 aromatic carbocycles. The Morgan fingerprint density at radius 1 is 0.839 bits per heavy atom. The van der Waals surface area contributed by atoms with E-state index >= 15 is 0 Å². The van der Waals surface area contributed by atoms with Crippen LogP contribution in [-0.2, 0) is 14.3 Å². The molecule has 3 N–H and O–H groups in total. The highest BCUT2D eigenvalue weighted by Crippen LogP contribution is 2.44. The van der Waals surface area contributed by atoms with Gasteiger partial charge in [-0.25, -0.2) is 0 Å². The molecule has 0 aliphatic heterocycles. The monoisotopic (exact) mass is 415 g/mol. The first-order chi connectivity index (χ1) is 15.1. The highest BCUT2D eigenvalue weighted by atomic mass is 16.5. The largest absolute Gasteiger partial charge is 0.480 e. The number of hydrogen-bond donors (Lipinski definition) is 2. The summed E-state index contributed by atoms with van der Waals surface area (Å²) in [6.45, 7) is 0.237. The van der Waals surface area contributed by atoms with Gasteiger partial charge in [-0.2, -0.15) is 0 Å². The molecule has 1 aliphatic rings. The van der Waals surface area contributed by atoms with Gasteiger partial charge < -0.3 is 15.6 Å². The fourth-order valence-electron chi connectivity index (χ4n) is 4.28. The summed E-state index contributed by atoms with van der Waals surface area (Å²) in [5.41, 5.74) is 11.1. The first kappa shape index (κ1) is 20.8. The minimum Gasteiger partial charge on any atom is -0.480 e. The smallest absolute Gasteiger partial charge is 0.320 e. The van der Waals surface area contributed by atoms with Crippen molar-refractivity contribution in [2.45, 2.75) is 30.7 Å². The van der Waals surface area contributed by atoms with Gasteiger partial charge in [0, 0.05) is 5.92 Å². The van der Waals surface area contributed by atoms with E-state index in [2.05, 4.69) is 24.3 Å². The molecule has 0 aromatic heterocycles. The topological polar surface area (TPSA) is 89.6 Å². The van der Waals surface area contributed by atoms with Gasteiger partial charge in [-0.1, -0.05) is 78.9 Å². The van der Waals surface area contributed by atoms with E-state index < -0.39 is 17.9 Å². The number of carbonyl (C=O) groups excluding carboxylic acids is 1. The summed E-state index contributed by atoms with van der Waals surface area (Å²) >= 11 is 0. The van der Waals surface area contributed by atoms with Gasteiger partial charge in [0.05, 0.1) is 5.92 Å². The molecule has 0 fully saturated rings. The summed E-state index contributed by atoms with van der Waals surface area (Å²) in [4.78, 5) is 24.2. The summed E-state index contributed by atoms with van der Waals surface area (Å²) in [5, 5.41) is 9.10. The lowest BCUT2D eigenvalue weighted by atomic mass is 9.92. The first-order valence-electron chi connectivity index (χ1n) is 10.4. The molecular formula is C26H25NO4. The van der Waals surface area contributed by atoms with Gasteiger partial charge in [-0.15, -0.1) is 0 Å². The predicted octanol–water partition coefficient (Wildman–Crippen LogP) is 4.32. The van der Waals surface area contributed by atoms with Crippen LogP contribution in [-0.4, -0.2) is 29.7 Å². The van der Waals surface area contributed by atoms with Crippen LogP contribution in [0.15, 0.2) is 78.9 Å². The molecule has 0 spiro atoms. The normalized spacial score (nSPS) is 14.4. The van der Waals surface area contributed by atoms with E-state index in [0.29, 0.717) is 6.42 Å². The van der Waals surface area contributed by atoms with Gasteiger partial charge in [-0.3, -0.25) is 9.59 Å². The van der Waals surface area contributed by atoms with Crippen LogP contribution in [0.4, 0.5) is 0 Å². The molecule has 5 heteroatoms. The average Bonchev–Trinajstić information content (AvgIpc) is 3.12. The third-order valence-electron chi connectivity index (χ3n) is 5.92. The molecule has 0 heterocycles. The number of hydrogen-bond acceptors (Lipinski definition) is 4. The van der Waals surface area contributed by atoms with Crippen LogP contribution >= 0.6 is 0 Å². The Morgan fingerprint density at radius 2 is 1.39 bits per heavy atom. The van der Waals surface area contributed by atoms with Crippen molar-refractivity contribution in [2.24, 2.45) is 5.73 Å². The Kier molecular flexibility index (Phi) is 6.14. The lowest BCUT2D eigenvalue weighted by molar-refractivity contribution is -0.146. The number of nitrogens with two attached hydrogens (primary N) is 1. The molecule has 5 nitrogen and oxygen atoms in total. The Labute approximate surface area is 181 Å². The maximum atomic E-state index is 13.1. The quantitative estimate of drug-likeness (QED) is 0.535. The average molecular weight is 415 g/mol. The van der Waals surface area contributed by atoms with Gasteiger partial charge in [0.25, 0.3) is 0 Å². The van der Waals surface area contributed by atoms with Gasteiger partial charge in [0.1, 0.15) is 12.6 Å². The molecule has 0 saturated carbocycles. The third kappa shape index (κ3) is 4.37. The lowest BCUT2D eigenvalue weighted by Gasteiger charge is -2.20. The van der Waals surface area contributed by atoms with Crippen molar-refractivity contribution in [3.8, 4) is 11.1 Å². The minimum absolute atomic E-state index is 0.0194. The van der Waals surface area contributed by atoms with Crippen molar-refractivity contribution in [1.29, 1.82) is 0 Å². The molecule has 158 valence electrons. The number of benzene rings is 3. The Morgan fingerprint density at radius 3 is 1.97 bits per heavy atom. The van der Waals surface area contributed by atoms with Crippen LogP contribution in [0.1, 0.15) is 41.4 Å². The zero-order valence-electron chi connectivity index (χ0n) is 17.1. The van der Waals surface area contributed by atoms with Crippen LogP contribution in [0.3, 0.4) is 0 Å². The van der Waals surface area contributed by atoms with Crippen molar-refractivity contribution in [3.05, 3.63) is 95.6 Å². The van der Waals surface area contributed by atoms with E-state index in [1.165, 1.54) is 11.1 Å². The Bertz CT molecular complexity index is 1030. The van der Waals surface area contributed by atoms with E-state index in [1.807, 2.05) is 54.6 Å². The Balaban J connectivity index is 1.52. The zero-order valence-corrected chi connectivity index (χ0v) is 17.1. The molecule has 0 bridgehead atoms. The van der Waals surface area contributed by atoms with Crippen molar-refractivity contribution in [2.75, 3.05) is 6.61 Å². The van der Waals surface area contributed by atoms with E-state index in [-0.39, 0.29) is 24.9 Å². The van der Waals surface area contributed by atoms with Crippen LogP contribution < -0.4 is 5.73 Å². The van der Waals surface area contributed by atoms with Crippen LogP contribution in [0.2, 0.25) is 0 Å². The minimum atomic E-state index is -1.07. The summed E-state index contributed by atoms with van der Waals surface area (Å²) in [7, 11) is 0. The van der Waals surface area contributed by atoms with E-state index in [0.717, 1.165) is 16.7 Å². The molecule has 0 unspecified atom stereocenters. The van der Waals surface area contributed by atoms with Gasteiger partial charge in [-0.05, 0) is 40.7 Å². The fraction of sp³-hybridized carbons (Fsp3) is 0.231. The number of rotatable bonds is 8. The fourth-order valence-corrected chi connectivity index (χ4v) is 4.28. The first-order valence-corrected chi connectivity index (χ1v) is 10.4. The molecule has 3 aromatic rings. The maximum Gasteiger partial charge on any atom is 0.320 e. The Hall–Kier alpha value is -3.44. The van der Waals surface area contributed by atoms with Crippen molar-refractivity contribution >= 4 is 11.9 Å². The second kappa shape index (κ2) is 9.14. The van der Waals surface area contributed by atoms with Gasteiger partial charge in [0.15, 0.2) is 0 Å². The zero-order chi connectivity index (χ0) is 21.8. The number of ether oxygens (including phenoxy) is 1. The number of aliphatic carboxylic acids is 1. The van der Waals surface area contributed by atoms with Crippen molar-refractivity contribution in [1.82, 2.24) is 0 Å². The molecule has 4 rings (SSSR count). The van der Waals surface area contributed by atoms with E-state index in [1.54, 1.807) is 0 Å². The lowest BCUT2D eigenvalue weighted by Crippen LogP contribution is -2.31. The molecule has 31 heavy (non-hydrogen) atoms. The summed E-state index contributed by atoms with van der Waals surface area (Å²) in [6, 6.07) is 24.7. The van der Waals surface area contributed by atoms with E-state index in [4.69, 9.17) is 15.6 Å². The van der Waals surface area contributed by atoms with Crippen LogP contribution in [0.5, 0.6) is 0 Å². The highest BCUT2D eigenvalue weighted by Gasteiger charge is 2.31. The number of carboxylic acids is 1. The highest BCUT2D eigenvalue weighted by molar-refractivity contribution is 5.81. The summed E-state index contributed by atoms with van der Waals surface area (Å²) in [6.07, 6.45) is 0.507. The molecule has 0 radical (unpaired) electrons. The summed E-state index contributed by atoms with van der Waals surface area (Å²) < 4.78 is 5.82. The SMILES string of the molecule is N[C@@H](CC[C@H](C(=O)OCC1c2ccccc2-c2ccccc21)c1ccccc1)C(=O)O. The molecule has 0 saturated heterocycles. The number of carboxylic acid groups (broad SMARTS) is 1. The summed E-state index contributed by atoms with van der Waals surface area (Å²) in [5.74, 6) is -2.00. The number of fused-ring (bicyclic) bond motifs is 3. The number of esters is 1. The maximum absolute atomic E-state index is 13.1. The second-order valence-corrected chi connectivity index (χ2v) is 7.84.